The van der Waals surface area contributed by atoms with Gasteiger partial charge in [0.1, 0.15) is 5.75 Å². The number of hydrogen-bond donors (Lipinski definition) is 2. The molecule has 0 unspecified atom stereocenters. The molecule has 134 valence electrons. The number of pyridine rings is 1. The van der Waals surface area contributed by atoms with E-state index in [1.807, 2.05) is 50.2 Å². The van der Waals surface area contributed by atoms with Gasteiger partial charge >= 0.3 is 0 Å². The molecule has 0 radical (unpaired) electrons. The van der Waals surface area contributed by atoms with Gasteiger partial charge in [-0.1, -0.05) is 12.1 Å². The molecule has 1 aromatic heterocycles. The first-order valence-corrected chi connectivity index (χ1v) is 8.54. The number of benzene rings is 2. The maximum absolute atomic E-state index is 12.3. The molecule has 26 heavy (non-hydrogen) atoms. The van der Waals surface area contributed by atoms with Gasteiger partial charge in [-0.3, -0.25) is 9.59 Å². The number of fused-ring (bicyclic) bond motifs is 1. The highest BCUT2D eigenvalue weighted by Crippen LogP contribution is 2.20. The second-order valence-corrected chi connectivity index (χ2v) is 6.37. The van der Waals surface area contributed by atoms with Gasteiger partial charge in [-0.05, 0) is 61.0 Å². The number of anilines is 1. The van der Waals surface area contributed by atoms with Gasteiger partial charge in [-0.15, -0.1) is 0 Å². The Morgan fingerprint density at radius 3 is 2.73 bits per heavy atom. The summed E-state index contributed by atoms with van der Waals surface area (Å²) in [7, 11) is 1.59. The molecular formula is C21H22N2O3. The minimum Gasteiger partial charge on any atom is -0.497 e. The van der Waals surface area contributed by atoms with Crippen LogP contribution < -0.4 is 15.6 Å². The summed E-state index contributed by atoms with van der Waals surface area (Å²) in [4.78, 5) is 27.4. The van der Waals surface area contributed by atoms with Crippen LogP contribution in [-0.4, -0.2) is 18.0 Å². The number of amides is 1. The molecule has 0 atom stereocenters. The smallest absolute Gasteiger partial charge is 0.251 e. The van der Waals surface area contributed by atoms with Crippen LogP contribution in [0.4, 0.5) is 5.69 Å². The SMILES string of the molecule is COc1ccc2cc(CCC(=O)Nc3cccc(C)c3C)c(=O)[nH]c2c1. The van der Waals surface area contributed by atoms with Crippen molar-refractivity contribution >= 4 is 22.5 Å². The molecular weight excluding hydrogens is 328 g/mol. The summed E-state index contributed by atoms with van der Waals surface area (Å²) in [6, 6.07) is 13.2. The Kier molecular flexibility index (Phi) is 5.07. The van der Waals surface area contributed by atoms with E-state index in [1.54, 1.807) is 13.2 Å². The fourth-order valence-corrected chi connectivity index (χ4v) is 2.89. The van der Waals surface area contributed by atoms with E-state index in [-0.39, 0.29) is 17.9 Å². The number of rotatable bonds is 5. The van der Waals surface area contributed by atoms with Gasteiger partial charge < -0.3 is 15.0 Å². The van der Waals surface area contributed by atoms with E-state index in [1.165, 1.54) is 0 Å². The van der Waals surface area contributed by atoms with Crippen molar-refractivity contribution in [3.05, 3.63) is 69.5 Å². The zero-order valence-corrected chi connectivity index (χ0v) is 15.2. The predicted molar refractivity (Wildman–Crippen MR) is 104 cm³/mol. The quantitative estimate of drug-likeness (QED) is 0.737. The van der Waals surface area contributed by atoms with Crippen LogP contribution in [0, 0.1) is 13.8 Å². The van der Waals surface area contributed by atoms with E-state index in [2.05, 4.69) is 10.3 Å². The lowest BCUT2D eigenvalue weighted by atomic mass is 10.1. The molecule has 1 heterocycles. The largest absolute Gasteiger partial charge is 0.497 e. The van der Waals surface area contributed by atoms with Gasteiger partial charge in [0.05, 0.1) is 12.6 Å². The van der Waals surface area contributed by atoms with Gasteiger partial charge in [0.25, 0.3) is 5.56 Å². The highest BCUT2D eigenvalue weighted by Gasteiger charge is 2.09. The third-order valence-corrected chi connectivity index (χ3v) is 4.63. The Hall–Kier alpha value is -3.08. The molecule has 0 bridgehead atoms. The number of H-pyrrole nitrogens is 1. The van der Waals surface area contributed by atoms with Crippen molar-refractivity contribution in [2.24, 2.45) is 0 Å². The second kappa shape index (κ2) is 7.44. The molecule has 3 rings (SSSR count). The molecule has 2 aromatic carbocycles. The van der Waals surface area contributed by atoms with Crippen molar-refractivity contribution in [2.45, 2.75) is 26.7 Å². The number of aromatic nitrogens is 1. The molecule has 0 saturated heterocycles. The molecule has 3 aromatic rings. The summed E-state index contributed by atoms with van der Waals surface area (Å²) in [5, 5.41) is 3.84. The Bertz CT molecular complexity index is 1020. The van der Waals surface area contributed by atoms with Crippen molar-refractivity contribution in [1.82, 2.24) is 4.98 Å². The number of aryl methyl sites for hydroxylation is 2. The van der Waals surface area contributed by atoms with E-state index >= 15 is 0 Å². The molecule has 0 saturated carbocycles. The average molecular weight is 350 g/mol. The van der Waals surface area contributed by atoms with Crippen molar-refractivity contribution in [3.8, 4) is 5.75 Å². The van der Waals surface area contributed by atoms with Gasteiger partial charge in [0.2, 0.25) is 5.91 Å². The van der Waals surface area contributed by atoms with E-state index in [0.29, 0.717) is 17.7 Å². The van der Waals surface area contributed by atoms with Crippen LogP contribution in [0.3, 0.4) is 0 Å². The van der Waals surface area contributed by atoms with Gasteiger partial charge in [-0.2, -0.15) is 0 Å². The Labute approximate surface area is 152 Å². The molecule has 1 amide bonds. The number of hydrogen-bond acceptors (Lipinski definition) is 3. The zero-order valence-electron chi connectivity index (χ0n) is 15.2. The number of nitrogens with one attached hydrogen (secondary N) is 2. The fourth-order valence-electron chi connectivity index (χ4n) is 2.89. The van der Waals surface area contributed by atoms with Crippen LogP contribution in [0.2, 0.25) is 0 Å². The second-order valence-electron chi connectivity index (χ2n) is 6.37. The van der Waals surface area contributed by atoms with Gasteiger partial charge in [0, 0.05) is 23.7 Å². The summed E-state index contributed by atoms with van der Waals surface area (Å²) < 4.78 is 5.17. The number of aromatic amines is 1. The molecule has 0 aliphatic carbocycles. The molecule has 5 nitrogen and oxygen atoms in total. The topological polar surface area (TPSA) is 71.2 Å². The standard InChI is InChI=1S/C21H22N2O3/c1-13-5-4-6-18(14(13)2)22-20(24)10-8-16-11-15-7-9-17(26-3)12-19(15)23-21(16)25/h4-7,9,11-12H,8,10H2,1-3H3,(H,22,24)(H,23,25). The highest BCUT2D eigenvalue weighted by molar-refractivity contribution is 5.91. The molecule has 0 aliphatic rings. The van der Waals surface area contributed by atoms with Crippen molar-refractivity contribution in [3.63, 3.8) is 0 Å². The minimum absolute atomic E-state index is 0.104. The lowest BCUT2D eigenvalue weighted by Gasteiger charge is -2.10. The molecule has 2 N–H and O–H groups in total. The monoisotopic (exact) mass is 350 g/mol. The third-order valence-electron chi connectivity index (χ3n) is 4.63. The van der Waals surface area contributed by atoms with Crippen LogP contribution in [-0.2, 0) is 11.2 Å². The summed E-state index contributed by atoms with van der Waals surface area (Å²) in [6.07, 6.45) is 0.631. The molecule has 0 aliphatic heterocycles. The van der Waals surface area contributed by atoms with E-state index in [4.69, 9.17) is 4.74 Å². The van der Waals surface area contributed by atoms with Crippen molar-refractivity contribution < 1.29 is 9.53 Å². The van der Waals surface area contributed by atoms with Gasteiger partial charge in [-0.25, -0.2) is 0 Å². The third kappa shape index (κ3) is 3.77. The van der Waals surface area contributed by atoms with E-state index in [0.717, 1.165) is 27.7 Å². The molecule has 5 heteroatoms. The summed E-state index contributed by atoms with van der Waals surface area (Å²) in [5.41, 5.74) is 4.14. The summed E-state index contributed by atoms with van der Waals surface area (Å²) >= 11 is 0. The normalized spacial score (nSPS) is 10.7. The minimum atomic E-state index is -0.176. The van der Waals surface area contributed by atoms with Crippen molar-refractivity contribution in [2.75, 3.05) is 12.4 Å². The van der Waals surface area contributed by atoms with Gasteiger partial charge in [0.15, 0.2) is 0 Å². The first-order chi connectivity index (χ1) is 12.5. The maximum atomic E-state index is 12.3. The van der Waals surface area contributed by atoms with E-state index in [9.17, 15) is 9.59 Å². The van der Waals surface area contributed by atoms with Crippen LogP contribution >= 0.6 is 0 Å². The van der Waals surface area contributed by atoms with E-state index < -0.39 is 0 Å². The lowest BCUT2D eigenvalue weighted by Crippen LogP contribution is -2.17. The Balaban J connectivity index is 1.73. The molecule has 0 spiro atoms. The van der Waals surface area contributed by atoms with Crippen LogP contribution in [0.15, 0.2) is 47.3 Å². The number of carbonyl (C=O) groups excluding carboxylic acids is 1. The van der Waals surface area contributed by atoms with Crippen LogP contribution in [0.1, 0.15) is 23.1 Å². The number of carbonyl (C=O) groups is 1. The zero-order chi connectivity index (χ0) is 18.7. The Morgan fingerprint density at radius 1 is 1.15 bits per heavy atom. The first-order valence-electron chi connectivity index (χ1n) is 8.54. The van der Waals surface area contributed by atoms with Crippen LogP contribution in [0.25, 0.3) is 10.9 Å². The van der Waals surface area contributed by atoms with Crippen molar-refractivity contribution in [1.29, 1.82) is 0 Å². The summed E-state index contributed by atoms with van der Waals surface area (Å²) in [5.74, 6) is 0.585. The average Bonchev–Trinajstić information content (AvgIpc) is 2.63. The predicted octanol–water partition coefficient (Wildman–Crippen LogP) is 3.72. The van der Waals surface area contributed by atoms with Crippen LogP contribution in [0.5, 0.6) is 5.75 Å². The Morgan fingerprint density at radius 2 is 1.96 bits per heavy atom. The maximum Gasteiger partial charge on any atom is 0.251 e. The number of methoxy groups -OCH3 is 1. The lowest BCUT2D eigenvalue weighted by molar-refractivity contribution is -0.116. The first kappa shape index (κ1) is 17.7. The molecule has 0 fully saturated rings. The fraction of sp³-hybridized carbons (Fsp3) is 0.238. The summed E-state index contributed by atoms with van der Waals surface area (Å²) in [6.45, 7) is 3.99. The highest BCUT2D eigenvalue weighted by atomic mass is 16.5. The number of ether oxygens (including phenoxy) is 1.